The first-order chi connectivity index (χ1) is 29.0. The molecule has 0 bridgehead atoms. The van der Waals surface area contributed by atoms with Crippen molar-refractivity contribution >= 4 is 19.8 Å². The number of hydrogen-bond donors (Lipinski definition) is 1. The zero-order valence-electron chi connectivity index (χ0n) is 38.1. The minimum absolute atomic E-state index is 0.00639. The average Bonchev–Trinajstić information content (AvgIpc) is 3.20. The van der Waals surface area contributed by atoms with Crippen LogP contribution in [0, 0.1) is 0 Å². The number of quaternary nitrogens is 1. The highest BCUT2D eigenvalue weighted by atomic mass is 31.2. The normalized spacial score (nSPS) is 14.6. The highest BCUT2D eigenvalue weighted by molar-refractivity contribution is 7.47. The van der Waals surface area contributed by atoms with E-state index >= 15 is 0 Å². The Bertz CT molecular complexity index is 1380. The molecule has 0 fully saturated rings. The van der Waals surface area contributed by atoms with Gasteiger partial charge in [0.1, 0.15) is 19.8 Å². The van der Waals surface area contributed by atoms with Crippen molar-refractivity contribution in [3.8, 4) is 0 Å². The van der Waals surface area contributed by atoms with Gasteiger partial charge in [0.2, 0.25) is 0 Å². The van der Waals surface area contributed by atoms with Crippen LogP contribution in [0.25, 0.3) is 0 Å². The van der Waals surface area contributed by atoms with Gasteiger partial charge in [-0.25, -0.2) is 4.57 Å². The SMILES string of the molecule is CCC/C=C/C/C=C/C/C=C/C/C=C/CCCCCC(=O)OC[C@H](COP(=O)(O)OCC[N+](C)(C)C)OC(=O)CC/C=C/C/C=C/C/C=C/C/C=C/C/C=C/CCCCC. The molecule has 0 aliphatic carbocycles. The second kappa shape index (κ2) is 41.0. The summed E-state index contributed by atoms with van der Waals surface area (Å²) in [4.78, 5) is 35.4. The molecule has 0 heterocycles. The molecular weight excluding hydrogens is 774 g/mol. The maximum Gasteiger partial charge on any atom is 0.472 e. The third-order valence-corrected chi connectivity index (χ3v) is 9.75. The predicted octanol–water partition coefficient (Wildman–Crippen LogP) is 13.1. The number of likely N-dealkylation sites (N-methyl/N-ethyl adjacent to an activating group) is 1. The van der Waals surface area contributed by atoms with Gasteiger partial charge >= 0.3 is 19.8 Å². The molecule has 1 unspecified atom stereocenters. The van der Waals surface area contributed by atoms with Gasteiger partial charge < -0.3 is 18.9 Å². The molecule has 2 atom stereocenters. The van der Waals surface area contributed by atoms with Gasteiger partial charge in [-0.05, 0) is 89.9 Å². The molecule has 0 aliphatic rings. The molecule has 60 heavy (non-hydrogen) atoms. The molecule has 9 nitrogen and oxygen atoms in total. The molecule has 0 rings (SSSR count). The lowest BCUT2D eigenvalue weighted by Crippen LogP contribution is -2.37. The summed E-state index contributed by atoms with van der Waals surface area (Å²) in [6.07, 6.45) is 55.8. The minimum Gasteiger partial charge on any atom is -0.462 e. The topological polar surface area (TPSA) is 108 Å². The third-order valence-electron chi connectivity index (χ3n) is 8.77. The van der Waals surface area contributed by atoms with Crippen molar-refractivity contribution in [1.29, 1.82) is 0 Å². The highest BCUT2D eigenvalue weighted by Crippen LogP contribution is 2.43. The van der Waals surface area contributed by atoms with Gasteiger partial charge in [0, 0.05) is 12.8 Å². The van der Waals surface area contributed by atoms with Crippen LogP contribution in [-0.4, -0.2) is 74.9 Å². The first-order valence-corrected chi connectivity index (χ1v) is 24.1. The number of carbonyl (C=O) groups excluding carboxylic acids is 2. The fraction of sp³-hybridized carbons (Fsp3) is 0.600. The van der Waals surface area contributed by atoms with E-state index in [2.05, 4.69) is 111 Å². The van der Waals surface area contributed by atoms with Crippen molar-refractivity contribution in [2.75, 3.05) is 47.5 Å². The molecular formula is C50H83NO8P+. The Balaban J connectivity index is 4.56. The van der Waals surface area contributed by atoms with Crippen LogP contribution in [0.15, 0.2) is 109 Å². The maximum atomic E-state index is 12.7. The van der Waals surface area contributed by atoms with Crippen molar-refractivity contribution < 1.29 is 42.1 Å². The summed E-state index contributed by atoms with van der Waals surface area (Å²) in [5.74, 6) is -0.944. The summed E-state index contributed by atoms with van der Waals surface area (Å²) in [5, 5.41) is 0. The van der Waals surface area contributed by atoms with E-state index < -0.39 is 32.5 Å². The third kappa shape index (κ3) is 44.2. The lowest BCUT2D eigenvalue weighted by Gasteiger charge is -2.24. The van der Waals surface area contributed by atoms with Gasteiger partial charge in [-0.3, -0.25) is 18.6 Å². The first kappa shape index (κ1) is 56.7. The van der Waals surface area contributed by atoms with E-state index in [0.29, 0.717) is 23.9 Å². The van der Waals surface area contributed by atoms with E-state index in [0.717, 1.165) is 70.6 Å². The van der Waals surface area contributed by atoms with Gasteiger partial charge in [-0.15, -0.1) is 0 Å². The van der Waals surface area contributed by atoms with Crippen molar-refractivity contribution in [3.63, 3.8) is 0 Å². The molecule has 10 heteroatoms. The number of rotatable bonds is 39. The van der Waals surface area contributed by atoms with E-state index in [4.69, 9.17) is 18.5 Å². The summed E-state index contributed by atoms with van der Waals surface area (Å²) < 4.78 is 34.2. The van der Waals surface area contributed by atoms with E-state index in [1.54, 1.807) is 0 Å². The van der Waals surface area contributed by atoms with Crippen LogP contribution in [0.5, 0.6) is 0 Å². The molecule has 0 amide bonds. The van der Waals surface area contributed by atoms with Gasteiger partial charge in [0.15, 0.2) is 6.10 Å². The lowest BCUT2D eigenvalue weighted by molar-refractivity contribution is -0.870. The van der Waals surface area contributed by atoms with Crippen LogP contribution < -0.4 is 0 Å². The fourth-order valence-corrected chi connectivity index (χ4v) is 5.96. The number of allylic oxidation sites excluding steroid dienone is 18. The van der Waals surface area contributed by atoms with E-state index in [9.17, 15) is 19.0 Å². The fourth-order valence-electron chi connectivity index (χ4n) is 5.22. The molecule has 0 saturated carbocycles. The van der Waals surface area contributed by atoms with Crippen LogP contribution in [0.1, 0.15) is 142 Å². The van der Waals surface area contributed by atoms with Crippen molar-refractivity contribution in [2.45, 2.75) is 148 Å². The van der Waals surface area contributed by atoms with Crippen LogP contribution in [0.2, 0.25) is 0 Å². The number of phosphoric ester groups is 1. The van der Waals surface area contributed by atoms with E-state index in [1.807, 2.05) is 33.3 Å². The molecule has 0 aromatic carbocycles. The van der Waals surface area contributed by atoms with Crippen LogP contribution in [0.4, 0.5) is 0 Å². The number of hydrogen-bond acceptors (Lipinski definition) is 7. The number of ether oxygens (including phenoxy) is 2. The van der Waals surface area contributed by atoms with Gasteiger partial charge in [-0.1, -0.05) is 149 Å². The van der Waals surface area contributed by atoms with Crippen LogP contribution in [-0.2, 0) is 32.7 Å². The summed E-state index contributed by atoms with van der Waals surface area (Å²) in [7, 11) is 1.39. The van der Waals surface area contributed by atoms with Crippen molar-refractivity contribution in [3.05, 3.63) is 109 Å². The Labute approximate surface area is 366 Å². The van der Waals surface area contributed by atoms with Crippen LogP contribution in [0.3, 0.4) is 0 Å². The number of unbranched alkanes of at least 4 members (excludes halogenated alkanes) is 7. The number of carbonyl (C=O) groups is 2. The average molecular weight is 857 g/mol. The number of nitrogens with zero attached hydrogens (tertiary/aromatic N) is 1. The monoisotopic (exact) mass is 857 g/mol. The first-order valence-electron chi connectivity index (χ1n) is 22.6. The minimum atomic E-state index is -4.41. The standard InChI is InChI=1S/C50H82NO8P/c1-6-8-10-12-14-16-18-20-22-24-25-27-29-31-33-35-37-39-41-43-50(53)59-48(47-58-60(54,55)57-45-44-51(3,4)5)46-56-49(52)42-40-38-36-34-32-30-28-26-23-21-19-17-15-13-11-9-7-2/h11,13-14,16-17,19-20,22-23,25-27,30-33,37,39,48H,6-10,12,15,18,21,24,28-29,34-36,38,40-47H2,1-5H3/p+1/b13-11+,16-14+,19-17+,22-20+,26-23+,27-25+,32-30+,33-31+,39-37+/t48-/m1/s1. The smallest absolute Gasteiger partial charge is 0.462 e. The van der Waals surface area contributed by atoms with E-state index in [-0.39, 0.29) is 26.1 Å². The second-order valence-corrected chi connectivity index (χ2v) is 17.2. The van der Waals surface area contributed by atoms with Gasteiger partial charge in [0.05, 0.1) is 27.7 Å². The zero-order chi connectivity index (χ0) is 44.3. The molecule has 0 radical (unpaired) electrons. The summed E-state index contributed by atoms with van der Waals surface area (Å²) in [5.41, 5.74) is 0. The van der Waals surface area contributed by atoms with Gasteiger partial charge in [0.25, 0.3) is 0 Å². The largest absolute Gasteiger partial charge is 0.472 e. The summed E-state index contributed by atoms with van der Waals surface area (Å²) in [6, 6.07) is 0. The molecule has 0 aliphatic heterocycles. The predicted molar refractivity (Wildman–Crippen MR) is 251 cm³/mol. The van der Waals surface area contributed by atoms with Crippen molar-refractivity contribution in [1.82, 2.24) is 0 Å². The highest BCUT2D eigenvalue weighted by Gasteiger charge is 2.27. The Morgan fingerprint density at radius 2 is 0.967 bits per heavy atom. The summed E-state index contributed by atoms with van der Waals surface area (Å²) in [6.45, 7) is 4.17. The Morgan fingerprint density at radius 3 is 1.43 bits per heavy atom. The van der Waals surface area contributed by atoms with E-state index in [1.165, 1.54) is 32.1 Å². The summed E-state index contributed by atoms with van der Waals surface area (Å²) >= 11 is 0. The zero-order valence-corrected chi connectivity index (χ0v) is 39.0. The Kier molecular flexibility index (Phi) is 38.8. The number of esters is 2. The molecule has 0 spiro atoms. The van der Waals surface area contributed by atoms with Crippen molar-refractivity contribution in [2.24, 2.45) is 0 Å². The number of phosphoric acid groups is 1. The Hall–Kier alpha value is -3.33. The molecule has 1 N–H and O–H groups in total. The molecule has 0 aromatic heterocycles. The quantitative estimate of drug-likeness (QED) is 0.0214. The van der Waals surface area contributed by atoms with Crippen LogP contribution >= 0.6 is 7.82 Å². The lowest BCUT2D eigenvalue weighted by atomic mass is 10.1. The Morgan fingerprint density at radius 1 is 0.517 bits per heavy atom. The molecule has 340 valence electrons. The molecule has 0 aromatic rings. The van der Waals surface area contributed by atoms with Gasteiger partial charge in [-0.2, -0.15) is 0 Å². The molecule has 0 saturated heterocycles. The second-order valence-electron chi connectivity index (χ2n) is 15.7. The maximum absolute atomic E-state index is 12.7.